The zero-order valence-corrected chi connectivity index (χ0v) is 13.7. The summed E-state index contributed by atoms with van der Waals surface area (Å²) in [7, 11) is 1.60. The number of thiophene rings is 1. The summed E-state index contributed by atoms with van der Waals surface area (Å²) >= 11 is 1.62. The van der Waals surface area contributed by atoms with Crippen LogP contribution in [0.3, 0.4) is 0 Å². The van der Waals surface area contributed by atoms with Crippen molar-refractivity contribution in [3.05, 3.63) is 58.5 Å². The van der Waals surface area contributed by atoms with Crippen molar-refractivity contribution in [2.45, 2.75) is 13.0 Å². The summed E-state index contributed by atoms with van der Waals surface area (Å²) < 4.78 is 11.0. The van der Waals surface area contributed by atoms with Crippen molar-refractivity contribution in [2.75, 3.05) is 7.11 Å². The summed E-state index contributed by atoms with van der Waals surface area (Å²) in [6.07, 6.45) is 3.14. The minimum absolute atomic E-state index is 0.0112. The fourth-order valence-electron chi connectivity index (χ4n) is 2.33. The number of fused-ring (bicyclic) bond motifs is 1. The third-order valence-electron chi connectivity index (χ3n) is 3.47. The van der Waals surface area contributed by atoms with Crippen LogP contribution in [0.25, 0.3) is 17.0 Å². The summed E-state index contributed by atoms with van der Waals surface area (Å²) in [4.78, 5) is 13.1. The Morgan fingerprint density at radius 1 is 1.35 bits per heavy atom. The van der Waals surface area contributed by atoms with Gasteiger partial charge in [-0.1, -0.05) is 18.2 Å². The Kier molecular flexibility index (Phi) is 4.48. The average molecular weight is 327 g/mol. The van der Waals surface area contributed by atoms with Crippen molar-refractivity contribution in [3.8, 4) is 5.75 Å². The molecule has 5 heteroatoms. The fraction of sp³-hybridized carbons (Fsp3) is 0.167. The lowest BCUT2D eigenvalue weighted by Crippen LogP contribution is -2.23. The van der Waals surface area contributed by atoms with Gasteiger partial charge in [-0.05, 0) is 36.6 Å². The van der Waals surface area contributed by atoms with Crippen LogP contribution in [0.2, 0.25) is 0 Å². The highest BCUT2D eigenvalue weighted by molar-refractivity contribution is 7.10. The molecule has 0 saturated heterocycles. The number of rotatable bonds is 5. The maximum absolute atomic E-state index is 12.0. The summed E-state index contributed by atoms with van der Waals surface area (Å²) in [6.45, 7) is 1.96. The first-order chi connectivity index (χ1) is 11.2. The molecule has 0 spiro atoms. The Morgan fingerprint density at radius 3 is 2.96 bits per heavy atom. The van der Waals surface area contributed by atoms with E-state index in [2.05, 4.69) is 5.32 Å². The van der Waals surface area contributed by atoms with E-state index in [1.54, 1.807) is 24.5 Å². The van der Waals surface area contributed by atoms with E-state index in [1.807, 2.05) is 48.7 Å². The molecule has 4 nitrogen and oxygen atoms in total. The van der Waals surface area contributed by atoms with Gasteiger partial charge in [-0.15, -0.1) is 11.3 Å². The first-order valence-corrected chi connectivity index (χ1v) is 8.14. The maximum Gasteiger partial charge on any atom is 0.244 e. The number of methoxy groups -OCH3 is 1. The van der Waals surface area contributed by atoms with Crippen LogP contribution in [0.1, 0.15) is 23.6 Å². The lowest BCUT2D eigenvalue weighted by molar-refractivity contribution is -0.117. The molecule has 0 aliphatic carbocycles. The van der Waals surface area contributed by atoms with Crippen LogP contribution >= 0.6 is 11.3 Å². The number of para-hydroxylation sites is 1. The van der Waals surface area contributed by atoms with Crippen LogP contribution < -0.4 is 10.1 Å². The van der Waals surface area contributed by atoms with Gasteiger partial charge in [0, 0.05) is 16.3 Å². The number of carbonyl (C=O) groups excluding carboxylic acids is 1. The van der Waals surface area contributed by atoms with Crippen molar-refractivity contribution in [1.82, 2.24) is 5.32 Å². The molecule has 1 amide bonds. The van der Waals surface area contributed by atoms with Crippen LogP contribution in [-0.4, -0.2) is 13.0 Å². The molecular formula is C18H17NO3S. The molecule has 1 unspecified atom stereocenters. The third kappa shape index (κ3) is 3.46. The molecule has 3 rings (SSSR count). The standard InChI is InChI=1S/C18H17NO3S/c1-12(16-7-4-10-23-16)19-17(20)9-8-14-11-13-5-3-6-15(21-2)18(13)22-14/h3-12H,1-2H3,(H,19,20)/b9-8+. The molecule has 0 aliphatic heterocycles. The van der Waals surface area contributed by atoms with Gasteiger partial charge in [0.2, 0.25) is 5.91 Å². The minimum atomic E-state index is -0.154. The second kappa shape index (κ2) is 6.71. The SMILES string of the molecule is COc1cccc2cc(/C=C/C(=O)NC(C)c3cccs3)oc12. The van der Waals surface area contributed by atoms with Crippen molar-refractivity contribution in [3.63, 3.8) is 0 Å². The number of hydrogen-bond donors (Lipinski definition) is 1. The van der Waals surface area contributed by atoms with Gasteiger partial charge in [-0.3, -0.25) is 4.79 Å². The minimum Gasteiger partial charge on any atom is -0.493 e. The van der Waals surface area contributed by atoms with Gasteiger partial charge in [-0.2, -0.15) is 0 Å². The van der Waals surface area contributed by atoms with Crippen molar-refractivity contribution >= 4 is 34.3 Å². The van der Waals surface area contributed by atoms with E-state index in [-0.39, 0.29) is 11.9 Å². The molecule has 0 aliphatic rings. The zero-order chi connectivity index (χ0) is 16.2. The Bertz CT molecular complexity index is 833. The molecule has 1 atom stereocenters. The van der Waals surface area contributed by atoms with Gasteiger partial charge in [-0.25, -0.2) is 0 Å². The van der Waals surface area contributed by atoms with Gasteiger partial charge in [0.25, 0.3) is 0 Å². The smallest absolute Gasteiger partial charge is 0.244 e. The molecular weight excluding hydrogens is 310 g/mol. The van der Waals surface area contributed by atoms with E-state index in [1.165, 1.54) is 6.08 Å². The number of amides is 1. The number of benzene rings is 1. The quantitative estimate of drug-likeness (QED) is 0.707. The third-order valence-corrected chi connectivity index (χ3v) is 4.53. The number of furan rings is 1. The van der Waals surface area contributed by atoms with Crippen LogP contribution in [0.5, 0.6) is 5.75 Å². The lowest BCUT2D eigenvalue weighted by Gasteiger charge is -2.09. The maximum atomic E-state index is 12.0. The molecule has 0 bridgehead atoms. The van der Waals surface area contributed by atoms with Crippen LogP contribution in [0, 0.1) is 0 Å². The highest BCUT2D eigenvalue weighted by atomic mass is 32.1. The average Bonchev–Trinajstić information content (AvgIpc) is 3.21. The largest absolute Gasteiger partial charge is 0.493 e. The molecule has 0 fully saturated rings. The molecule has 2 aromatic heterocycles. The fourth-order valence-corrected chi connectivity index (χ4v) is 3.06. The van der Waals surface area contributed by atoms with Crippen molar-refractivity contribution < 1.29 is 13.9 Å². The number of carbonyl (C=O) groups is 1. The molecule has 1 aromatic carbocycles. The van der Waals surface area contributed by atoms with Crippen molar-refractivity contribution in [1.29, 1.82) is 0 Å². The second-order valence-corrected chi connectivity index (χ2v) is 6.09. The number of ether oxygens (including phenoxy) is 1. The van der Waals surface area contributed by atoms with Gasteiger partial charge in [0.15, 0.2) is 11.3 Å². The number of nitrogens with one attached hydrogen (secondary N) is 1. The molecule has 0 radical (unpaired) electrons. The molecule has 23 heavy (non-hydrogen) atoms. The highest BCUT2D eigenvalue weighted by Crippen LogP contribution is 2.28. The molecule has 1 N–H and O–H groups in total. The summed E-state index contributed by atoms with van der Waals surface area (Å²) in [5.74, 6) is 1.14. The van der Waals surface area contributed by atoms with E-state index in [4.69, 9.17) is 9.15 Å². The molecule has 3 aromatic rings. The van der Waals surface area contributed by atoms with Crippen LogP contribution in [-0.2, 0) is 4.79 Å². The van der Waals surface area contributed by atoms with Crippen LogP contribution in [0.4, 0.5) is 0 Å². The van der Waals surface area contributed by atoms with E-state index in [0.29, 0.717) is 17.1 Å². The molecule has 0 saturated carbocycles. The predicted octanol–water partition coefficient (Wildman–Crippen LogP) is 4.39. The summed E-state index contributed by atoms with van der Waals surface area (Å²) in [5.41, 5.74) is 0.682. The second-order valence-electron chi connectivity index (χ2n) is 5.11. The highest BCUT2D eigenvalue weighted by Gasteiger charge is 2.09. The monoisotopic (exact) mass is 327 g/mol. The zero-order valence-electron chi connectivity index (χ0n) is 12.9. The first-order valence-electron chi connectivity index (χ1n) is 7.26. The Hall–Kier alpha value is -2.53. The molecule has 2 heterocycles. The van der Waals surface area contributed by atoms with Gasteiger partial charge < -0.3 is 14.5 Å². The Morgan fingerprint density at radius 2 is 2.22 bits per heavy atom. The molecule has 118 valence electrons. The van der Waals surface area contributed by atoms with Gasteiger partial charge >= 0.3 is 0 Å². The van der Waals surface area contributed by atoms with E-state index < -0.39 is 0 Å². The Labute approximate surface area is 138 Å². The van der Waals surface area contributed by atoms with Gasteiger partial charge in [0.05, 0.1) is 13.2 Å². The van der Waals surface area contributed by atoms with Crippen molar-refractivity contribution in [2.24, 2.45) is 0 Å². The number of hydrogen-bond acceptors (Lipinski definition) is 4. The van der Waals surface area contributed by atoms with E-state index >= 15 is 0 Å². The Balaban J connectivity index is 1.71. The van der Waals surface area contributed by atoms with E-state index in [0.717, 1.165) is 10.3 Å². The summed E-state index contributed by atoms with van der Waals surface area (Å²) in [5, 5.41) is 5.86. The predicted molar refractivity (Wildman–Crippen MR) is 92.7 cm³/mol. The first kappa shape index (κ1) is 15.4. The normalized spacial score (nSPS) is 12.6. The summed E-state index contributed by atoms with van der Waals surface area (Å²) in [6, 6.07) is 11.5. The topological polar surface area (TPSA) is 51.5 Å². The lowest BCUT2D eigenvalue weighted by atomic mass is 10.2. The van der Waals surface area contributed by atoms with Crippen LogP contribution in [0.15, 0.2) is 52.3 Å². The van der Waals surface area contributed by atoms with Gasteiger partial charge in [0.1, 0.15) is 5.76 Å². The van der Waals surface area contributed by atoms with E-state index in [9.17, 15) is 4.79 Å².